The van der Waals surface area contributed by atoms with Crippen LogP contribution in [0.15, 0.2) is 42.0 Å². The average molecular weight is 526 g/mol. The highest BCUT2D eigenvalue weighted by Gasteiger charge is 2.60. The minimum atomic E-state index is -0.557. The summed E-state index contributed by atoms with van der Waals surface area (Å²) in [5, 5.41) is 11.1. The molecule has 2 aliphatic heterocycles. The molecule has 2 saturated carbocycles. The number of fused-ring (bicyclic) bond motifs is 3. The van der Waals surface area contributed by atoms with E-state index in [-0.39, 0.29) is 41.1 Å². The summed E-state index contributed by atoms with van der Waals surface area (Å²) in [6.07, 6.45) is 6.30. The Hall–Kier alpha value is -2.71. The third-order valence-corrected chi connectivity index (χ3v) is 9.63. The zero-order valence-corrected chi connectivity index (χ0v) is 23.1. The van der Waals surface area contributed by atoms with Crippen molar-refractivity contribution in [2.75, 3.05) is 13.2 Å². The third-order valence-electron chi connectivity index (χ3n) is 9.63. The number of nitro benzene ring substituents is 1. The fraction of sp³-hybridized carbons (Fsp3) is 0.633. The van der Waals surface area contributed by atoms with Gasteiger partial charge in [0.1, 0.15) is 12.4 Å². The second-order valence-corrected chi connectivity index (χ2v) is 12.5. The number of aryl methyl sites for hydroxylation is 1. The smallest absolute Gasteiger partial charge is 0.337 e. The van der Waals surface area contributed by atoms with Gasteiger partial charge in [-0.1, -0.05) is 32.1 Å². The Labute approximate surface area is 224 Å². The first-order chi connectivity index (χ1) is 17.8. The van der Waals surface area contributed by atoms with E-state index in [0.717, 1.165) is 25.7 Å². The number of hydrogen-bond donors (Lipinski definition) is 0. The van der Waals surface area contributed by atoms with Crippen molar-refractivity contribution >= 4 is 11.7 Å². The van der Waals surface area contributed by atoms with Gasteiger partial charge in [-0.05, 0) is 81.8 Å². The van der Waals surface area contributed by atoms with Gasteiger partial charge < -0.3 is 18.9 Å². The Kier molecular flexibility index (Phi) is 6.71. The van der Waals surface area contributed by atoms with Gasteiger partial charge in [-0.3, -0.25) is 10.1 Å². The zero-order chi connectivity index (χ0) is 27.5. The lowest BCUT2D eigenvalue weighted by Crippen LogP contribution is -2.62. The van der Waals surface area contributed by atoms with Crippen molar-refractivity contribution < 1.29 is 28.7 Å². The quantitative estimate of drug-likeness (QED) is 0.151. The Balaban J connectivity index is 1.36. The van der Waals surface area contributed by atoms with Crippen molar-refractivity contribution in [1.82, 2.24) is 0 Å². The number of allylic oxidation sites excluding steroid dienone is 2. The summed E-state index contributed by atoms with van der Waals surface area (Å²) in [7, 11) is 0. The molecule has 2 unspecified atom stereocenters. The monoisotopic (exact) mass is 525 g/mol. The van der Waals surface area contributed by atoms with E-state index in [9.17, 15) is 14.9 Å². The van der Waals surface area contributed by atoms with E-state index < -0.39 is 16.8 Å². The molecule has 0 N–H and O–H groups in total. The molecule has 4 aliphatic rings. The fourth-order valence-corrected chi connectivity index (χ4v) is 7.55. The van der Waals surface area contributed by atoms with Crippen molar-refractivity contribution in [2.24, 2.45) is 22.7 Å². The Morgan fingerprint density at radius 3 is 2.68 bits per heavy atom. The van der Waals surface area contributed by atoms with E-state index in [2.05, 4.69) is 20.4 Å². The molecule has 206 valence electrons. The molecular weight excluding hydrogens is 486 g/mol. The predicted octanol–water partition coefficient (Wildman–Crippen LogP) is 6.06. The number of carbonyl (C=O) groups is 1. The number of carbonyl (C=O) groups excluding carboxylic acids is 1. The lowest BCUT2D eigenvalue weighted by Gasteiger charge is -2.63. The molecule has 0 amide bonds. The van der Waals surface area contributed by atoms with E-state index in [4.69, 9.17) is 18.9 Å². The molecule has 0 bridgehead atoms. The molecule has 0 spiro atoms. The van der Waals surface area contributed by atoms with Crippen molar-refractivity contribution in [1.29, 1.82) is 0 Å². The number of rotatable bonds is 5. The van der Waals surface area contributed by atoms with Crippen molar-refractivity contribution in [3.63, 3.8) is 0 Å². The Bertz CT molecular complexity index is 1190. The zero-order valence-electron chi connectivity index (χ0n) is 23.1. The van der Waals surface area contributed by atoms with E-state index in [0.29, 0.717) is 35.8 Å². The minimum absolute atomic E-state index is 0.00344. The second kappa shape index (κ2) is 9.49. The van der Waals surface area contributed by atoms with Crippen molar-refractivity contribution in [3.8, 4) is 5.75 Å². The van der Waals surface area contributed by atoms with Crippen LogP contribution in [0, 0.1) is 39.7 Å². The van der Waals surface area contributed by atoms with Gasteiger partial charge in [0.15, 0.2) is 11.9 Å². The summed E-state index contributed by atoms with van der Waals surface area (Å²) >= 11 is 0. The van der Waals surface area contributed by atoms with E-state index in [1.807, 2.05) is 19.9 Å². The SMILES string of the molecule is C=C1CC[C@H]2[C@@](C)(CCC3OC(C)(C)OC[C@]32C)C1C/C=C1/C(=O)OC[C@H]1Oc1ccc([N+](=O)[O-])cc1C. The van der Waals surface area contributed by atoms with E-state index >= 15 is 0 Å². The van der Waals surface area contributed by atoms with Crippen LogP contribution in [0.25, 0.3) is 0 Å². The molecule has 4 fully saturated rings. The van der Waals surface area contributed by atoms with Crippen LogP contribution in [-0.2, 0) is 19.0 Å². The lowest BCUT2D eigenvalue weighted by molar-refractivity contribution is -0.384. The summed E-state index contributed by atoms with van der Waals surface area (Å²) in [6.45, 7) is 15.7. The Morgan fingerprint density at radius 2 is 1.97 bits per heavy atom. The molecule has 0 aromatic heterocycles. The first-order valence-electron chi connectivity index (χ1n) is 13.6. The molecular formula is C30H39NO7. The summed E-state index contributed by atoms with van der Waals surface area (Å²) in [4.78, 5) is 23.4. The number of hydrogen-bond acceptors (Lipinski definition) is 7. The molecule has 38 heavy (non-hydrogen) atoms. The molecule has 2 saturated heterocycles. The molecule has 8 nitrogen and oxygen atoms in total. The number of nitro groups is 1. The van der Waals surface area contributed by atoms with Crippen LogP contribution in [0.2, 0.25) is 0 Å². The number of benzene rings is 1. The van der Waals surface area contributed by atoms with Crippen LogP contribution in [0.3, 0.4) is 0 Å². The molecule has 5 rings (SSSR count). The minimum Gasteiger partial charge on any atom is -0.482 e. The van der Waals surface area contributed by atoms with Crippen molar-refractivity contribution in [3.05, 3.63) is 57.7 Å². The first-order valence-corrected chi connectivity index (χ1v) is 13.6. The molecule has 2 heterocycles. The van der Waals surface area contributed by atoms with Crippen molar-refractivity contribution in [2.45, 2.75) is 84.7 Å². The highest BCUT2D eigenvalue weighted by molar-refractivity contribution is 5.91. The number of ether oxygens (including phenoxy) is 4. The molecule has 2 aliphatic carbocycles. The second-order valence-electron chi connectivity index (χ2n) is 12.5. The van der Waals surface area contributed by atoms with Crippen LogP contribution < -0.4 is 4.74 Å². The maximum Gasteiger partial charge on any atom is 0.337 e. The number of esters is 1. The average Bonchev–Trinajstić information content (AvgIpc) is 3.19. The molecule has 0 radical (unpaired) electrons. The standard InChI is InChI=1S/C30H39NO7/c1-18-7-12-25-29(5,14-13-26-30(25,6)17-36-28(3,4)38-26)22(18)10-9-21-24(16-35-27(21)32)37-23-11-8-20(31(33)34)15-19(23)2/h8-9,11,15,22,24-26H,1,7,10,12-14,16-17H2,2-6H3/b21-9+/t22?,24-,25+,26?,29+,30+/m1/s1. The summed E-state index contributed by atoms with van der Waals surface area (Å²) in [6, 6.07) is 4.46. The van der Waals surface area contributed by atoms with Gasteiger partial charge in [-0.25, -0.2) is 4.79 Å². The highest BCUT2D eigenvalue weighted by atomic mass is 16.7. The Morgan fingerprint density at radius 1 is 1.21 bits per heavy atom. The van der Waals surface area contributed by atoms with Gasteiger partial charge in [0, 0.05) is 17.5 Å². The summed E-state index contributed by atoms with van der Waals surface area (Å²) < 4.78 is 24.1. The summed E-state index contributed by atoms with van der Waals surface area (Å²) in [5.74, 6) is 0.218. The largest absolute Gasteiger partial charge is 0.482 e. The van der Waals surface area contributed by atoms with Gasteiger partial charge in [0.25, 0.3) is 5.69 Å². The van der Waals surface area contributed by atoms with Crippen LogP contribution in [0.5, 0.6) is 5.75 Å². The predicted molar refractivity (Wildman–Crippen MR) is 142 cm³/mol. The molecule has 1 aromatic carbocycles. The lowest BCUT2D eigenvalue weighted by atomic mass is 9.46. The maximum atomic E-state index is 12.7. The van der Waals surface area contributed by atoms with Crippen LogP contribution >= 0.6 is 0 Å². The van der Waals surface area contributed by atoms with Gasteiger partial charge in [0.2, 0.25) is 0 Å². The number of nitrogens with zero attached hydrogens (tertiary/aromatic N) is 1. The maximum absolute atomic E-state index is 12.7. The highest BCUT2D eigenvalue weighted by Crippen LogP contribution is 2.63. The molecule has 8 heteroatoms. The topological polar surface area (TPSA) is 97.1 Å². The fourth-order valence-electron chi connectivity index (χ4n) is 7.55. The third kappa shape index (κ3) is 4.56. The van der Waals surface area contributed by atoms with E-state index in [1.54, 1.807) is 13.0 Å². The van der Waals surface area contributed by atoms with Gasteiger partial charge in [0.05, 0.1) is 23.2 Å². The number of non-ortho nitro benzene ring substituents is 1. The van der Waals surface area contributed by atoms with Gasteiger partial charge >= 0.3 is 5.97 Å². The first kappa shape index (κ1) is 26.9. The molecule has 6 atom stereocenters. The van der Waals surface area contributed by atoms with Gasteiger partial charge in [-0.15, -0.1) is 0 Å². The van der Waals surface area contributed by atoms with Gasteiger partial charge in [-0.2, -0.15) is 0 Å². The van der Waals surface area contributed by atoms with Crippen LogP contribution in [0.4, 0.5) is 5.69 Å². The normalized spacial score (nSPS) is 37.3. The van der Waals surface area contributed by atoms with E-state index in [1.165, 1.54) is 17.7 Å². The summed E-state index contributed by atoms with van der Waals surface area (Å²) in [5.41, 5.74) is 2.32. The van der Waals surface area contributed by atoms with Crippen LogP contribution in [0.1, 0.15) is 65.4 Å². The number of cyclic esters (lactones) is 1. The van der Waals surface area contributed by atoms with Crippen LogP contribution in [-0.4, -0.2) is 42.1 Å². The molecule has 1 aromatic rings.